The number of nitro groups is 1. The molecule has 1 aliphatic rings. The predicted molar refractivity (Wildman–Crippen MR) is 64.2 cm³/mol. The molecule has 0 aliphatic carbocycles. The van der Waals surface area contributed by atoms with Gasteiger partial charge < -0.3 is 10.2 Å². The second kappa shape index (κ2) is 4.70. The highest BCUT2D eigenvalue weighted by atomic mass is 16.6. The standard InChI is InChI=1S/C10H17N5O2/c1-11-8-4-3-5-14(6-8)10-9(15(16)17)7-13(2)12-10/h7-8,11H,3-6H2,1-2H3. The maximum absolute atomic E-state index is 10.9. The molecule has 1 fully saturated rings. The van der Waals surface area contributed by atoms with Crippen LogP contribution in [0.1, 0.15) is 12.8 Å². The zero-order valence-corrected chi connectivity index (χ0v) is 10.1. The van der Waals surface area contributed by atoms with Crippen LogP contribution < -0.4 is 10.2 Å². The third-order valence-corrected chi connectivity index (χ3v) is 3.12. The van der Waals surface area contributed by atoms with Crippen molar-refractivity contribution in [2.24, 2.45) is 7.05 Å². The molecule has 0 amide bonds. The van der Waals surface area contributed by atoms with Gasteiger partial charge in [0.25, 0.3) is 0 Å². The molecule has 1 aromatic rings. The SMILES string of the molecule is CNC1CCCN(c2nn(C)cc2[N+](=O)[O-])C1. The molecule has 1 aliphatic heterocycles. The summed E-state index contributed by atoms with van der Waals surface area (Å²) in [6.07, 6.45) is 3.59. The average molecular weight is 239 g/mol. The number of likely N-dealkylation sites (N-methyl/N-ethyl adjacent to an activating group) is 1. The first kappa shape index (κ1) is 11.8. The van der Waals surface area contributed by atoms with Crippen LogP contribution in [0.25, 0.3) is 0 Å². The second-order valence-electron chi connectivity index (χ2n) is 4.34. The van der Waals surface area contributed by atoms with Crippen LogP contribution in [-0.4, -0.2) is 40.9 Å². The van der Waals surface area contributed by atoms with Crippen molar-refractivity contribution in [3.8, 4) is 0 Å². The summed E-state index contributed by atoms with van der Waals surface area (Å²) in [5.74, 6) is 0.484. The van der Waals surface area contributed by atoms with E-state index in [1.807, 2.05) is 11.9 Å². The molecule has 94 valence electrons. The Morgan fingerprint density at radius 3 is 3.06 bits per heavy atom. The normalized spacial score (nSPS) is 20.6. The lowest BCUT2D eigenvalue weighted by Crippen LogP contribution is -2.44. The summed E-state index contributed by atoms with van der Waals surface area (Å²) in [4.78, 5) is 12.6. The average Bonchev–Trinajstić information content (AvgIpc) is 2.72. The van der Waals surface area contributed by atoms with Gasteiger partial charge in [-0.25, -0.2) is 0 Å². The molecule has 17 heavy (non-hydrogen) atoms. The fraction of sp³-hybridized carbons (Fsp3) is 0.700. The minimum absolute atomic E-state index is 0.0873. The Balaban J connectivity index is 2.23. The Hall–Kier alpha value is -1.63. The first-order chi connectivity index (χ1) is 8.11. The molecule has 0 saturated carbocycles. The molecule has 1 saturated heterocycles. The van der Waals surface area contributed by atoms with Gasteiger partial charge in [-0.2, -0.15) is 0 Å². The van der Waals surface area contributed by atoms with Gasteiger partial charge in [0.1, 0.15) is 6.20 Å². The van der Waals surface area contributed by atoms with E-state index >= 15 is 0 Å². The van der Waals surface area contributed by atoms with E-state index in [-0.39, 0.29) is 10.6 Å². The molecule has 1 atom stereocenters. The van der Waals surface area contributed by atoms with E-state index in [1.165, 1.54) is 10.9 Å². The fourth-order valence-corrected chi connectivity index (χ4v) is 2.22. The lowest BCUT2D eigenvalue weighted by molar-refractivity contribution is -0.384. The van der Waals surface area contributed by atoms with Crippen molar-refractivity contribution in [3.05, 3.63) is 16.3 Å². The zero-order chi connectivity index (χ0) is 12.4. The molecule has 1 unspecified atom stereocenters. The van der Waals surface area contributed by atoms with Gasteiger partial charge in [-0.05, 0) is 19.9 Å². The summed E-state index contributed by atoms with van der Waals surface area (Å²) in [5.41, 5.74) is 0.0873. The topological polar surface area (TPSA) is 76.2 Å². The monoisotopic (exact) mass is 239 g/mol. The van der Waals surface area contributed by atoms with Gasteiger partial charge in [-0.1, -0.05) is 0 Å². The Bertz CT molecular complexity index is 417. The van der Waals surface area contributed by atoms with Gasteiger partial charge in [-0.3, -0.25) is 14.8 Å². The number of rotatable bonds is 3. The van der Waals surface area contributed by atoms with E-state index < -0.39 is 0 Å². The number of nitrogens with one attached hydrogen (secondary N) is 1. The molecule has 7 nitrogen and oxygen atoms in total. The molecule has 2 rings (SSSR count). The van der Waals surface area contributed by atoms with E-state index in [2.05, 4.69) is 10.4 Å². The Kier molecular flexibility index (Phi) is 3.28. The summed E-state index contributed by atoms with van der Waals surface area (Å²) in [6, 6.07) is 0.380. The van der Waals surface area contributed by atoms with Crippen molar-refractivity contribution in [1.82, 2.24) is 15.1 Å². The highest BCUT2D eigenvalue weighted by Crippen LogP contribution is 2.28. The number of aromatic nitrogens is 2. The highest BCUT2D eigenvalue weighted by Gasteiger charge is 2.27. The molecule has 0 spiro atoms. The molecule has 1 aromatic heterocycles. The number of anilines is 1. The minimum Gasteiger partial charge on any atom is -0.348 e. The number of piperidine rings is 1. The van der Waals surface area contributed by atoms with Crippen LogP contribution in [0.3, 0.4) is 0 Å². The van der Waals surface area contributed by atoms with E-state index in [4.69, 9.17) is 0 Å². The number of hydrogen-bond donors (Lipinski definition) is 1. The number of nitrogens with zero attached hydrogens (tertiary/aromatic N) is 4. The highest BCUT2D eigenvalue weighted by molar-refractivity contribution is 5.57. The Morgan fingerprint density at radius 2 is 2.41 bits per heavy atom. The number of aryl methyl sites for hydroxylation is 1. The fourth-order valence-electron chi connectivity index (χ4n) is 2.22. The van der Waals surface area contributed by atoms with Crippen LogP contribution in [0.15, 0.2) is 6.20 Å². The van der Waals surface area contributed by atoms with Crippen molar-refractivity contribution in [2.45, 2.75) is 18.9 Å². The molecule has 0 aromatic carbocycles. The lowest BCUT2D eigenvalue weighted by Gasteiger charge is -2.32. The van der Waals surface area contributed by atoms with Gasteiger partial charge in [0, 0.05) is 26.2 Å². The van der Waals surface area contributed by atoms with Gasteiger partial charge >= 0.3 is 5.69 Å². The molecule has 0 bridgehead atoms. The third-order valence-electron chi connectivity index (χ3n) is 3.12. The molecule has 7 heteroatoms. The summed E-state index contributed by atoms with van der Waals surface area (Å²) < 4.78 is 1.50. The smallest absolute Gasteiger partial charge is 0.330 e. The molecule has 2 heterocycles. The van der Waals surface area contributed by atoms with Crippen molar-refractivity contribution in [1.29, 1.82) is 0 Å². The van der Waals surface area contributed by atoms with Crippen LogP contribution >= 0.6 is 0 Å². The summed E-state index contributed by atoms with van der Waals surface area (Å²) in [5, 5.41) is 18.3. The first-order valence-electron chi connectivity index (χ1n) is 5.72. The maximum Gasteiger partial charge on any atom is 0.330 e. The summed E-state index contributed by atoms with van der Waals surface area (Å²) >= 11 is 0. The van der Waals surface area contributed by atoms with E-state index in [1.54, 1.807) is 7.05 Å². The molecule has 0 radical (unpaired) electrons. The van der Waals surface area contributed by atoms with Gasteiger partial charge in [0.15, 0.2) is 0 Å². The van der Waals surface area contributed by atoms with E-state index in [9.17, 15) is 10.1 Å². The third kappa shape index (κ3) is 2.38. The van der Waals surface area contributed by atoms with Crippen molar-refractivity contribution in [2.75, 3.05) is 25.0 Å². The lowest BCUT2D eigenvalue weighted by atomic mass is 10.1. The summed E-state index contributed by atoms with van der Waals surface area (Å²) in [6.45, 7) is 1.60. The zero-order valence-electron chi connectivity index (χ0n) is 10.1. The molecule has 1 N–H and O–H groups in total. The van der Waals surface area contributed by atoms with Crippen LogP contribution in [-0.2, 0) is 7.05 Å². The minimum atomic E-state index is -0.370. The molecular weight excluding hydrogens is 222 g/mol. The van der Waals surface area contributed by atoms with E-state index in [0.717, 1.165) is 25.9 Å². The van der Waals surface area contributed by atoms with Crippen LogP contribution in [0, 0.1) is 10.1 Å². The first-order valence-corrected chi connectivity index (χ1v) is 5.72. The van der Waals surface area contributed by atoms with Gasteiger partial charge in [0.2, 0.25) is 5.82 Å². The van der Waals surface area contributed by atoms with Crippen LogP contribution in [0.4, 0.5) is 11.5 Å². The van der Waals surface area contributed by atoms with Crippen molar-refractivity contribution < 1.29 is 4.92 Å². The van der Waals surface area contributed by atoms with Crippen molar-refractivity contribution in [3.63, 3.8) is 0 Å². The predicted octanol–water partition coefficient (Wildman–Crippen LogP) is 0.516. The largest absolute Gasteiger partial charge is 0.348 e. The maximum atomic E-state index is 10.9. The van der Waals surface area contributed by atoms with Gasteiger partial charge in [-0.15, -0.1) is 5.10 Å². The van der Waals surface area contributed by atoms with Crippen molar-refractivity contribution >= 4 is 11.5 Å². The quantitative estimate of drug-likeness (QED) is 0.614. The second-order valence-corrected chi connectivity index (χ2v) is 4.34. The van der Waals surface area contributed by atoms with Crippen LogP contribution in [0.5, 0.6) is 0 Å². The Labute approximate surface area is 99.6 Å². The van der Waals surface area contributed by atoms with Crippen LogP contribution in [0.2, 0.25) is 0 Å². The summed E-state index contributed by atoms with van der Waals surface area (Å²) in [7, 11) is 3.62. The molecular formula is C10H17N5O2. The Morgan fingerprint density at radius 1 is 1.65 bits per heavy atom. The van der Waals surface area contributed by atoms with Gasteiger partial charge in [0.05, 0.1) is 4.92 Å². The van der Waals surface area contributed by atoms with E-state index in [0.29, 0.717) is 11.9 Å². The number of hydrogen-bond acceptors (Lipinski definition) is 5.